The molecule has 1 heterocycles. The van der Waals surface area contributed by atoms with E-state index < -0.39 is 0 Å². The van der Waals surface area contributed by atoms with Gasteiger partial charge in [-0.2, -0.15) is 0 Å². The molecule has 2 atom stereocenters. The fourth-order valence-electron chi connectivity index (χ4n) is 3.69. The van der Waals surface area contributed by atoms with E-state index in [1.165, 1.54) is 19.3 Å². The zero-order chi connectivity index (χ0) is 15.4. The summed E-state index contributed by atoms with van der Waals surface area (Å²) >= 11 is 0. The Labute approximate surface area is 132 Å². The number of ether oxygens (including phenoxy) is 1. The number of rotatable bonds is 6. The Morgan fingerprint density at radius 2 is 2.32 bits per heavy atom. The van der Waals surface area contributed by atoms with Crippen molar-refractivity contribution in [2.45, 2.75) is 58.2 Å². The van der Waals surface area contributed by atoms with Crippen molar-refractivity contribution in [1.29, 1.82) is 0 Å². The molecule has 1 aromatic heterocycles. The number of nitrogens with one attached hydrogen (secondary N) is 2. The smallest absolute Gasteiger partial charge is 0.191 e. The van der Waals surface area contributed by atoms with E-state index >= 15 is 0 Å². The molecule has 122 valence electrons. The van der Waals surface area contributed by atoms with Crippen LogP contribution >= 0.6 is 0 Å². The van der Waals surface area contributed by atoms with Gasteiger partial charge in [-0.1, -0.05) is 6.42 Å². The highest BCUT2D eigenvalue weighted by Crippen LogP contribution is 2.57. The Bertz CT molecular complexity index is 494. The van der Waals surface area contributed by atoms with E-state index in [0.717, 1.165) is 31.3 Å². The lowest BCUT2D eigenvalue weighted by Gasteiger charge is -2.61. The second-order valence-electron chi connectivity index (χ2n) is 6.24. The predicted molar refractivity (Wildman–Crippen MR) is 86.8 cm³/mol. The van der Waals surface area contributed by atoms with E-state index in [0.29, 0.717) is 24.1 Å². The highest BCUT2D eigenvalue weighted by atomic mass is 16.5. The summed E-state index contributed by atoms with van der Waals surface area (Å²) in [4.78, 5) is 4.63. The summed E-state index contributed by atoms with van der Waals surface area (Å²) in [6.07, 6.45) is 7.06. The third-order valence-electron chi connectivity index (χ3n) is 5.07. The van der Waals surface area contributed by atoms with Crippen molar-refractivity contribution >= 4 is 5.96 Å². The molecule has 2 saturated carbocycles. The maximum absolute atomic E-state index is 5.91. The van der Waals surface area contributed by atoms with Crippen LogP contribution < -0.4 is 10.6 Å². The van der Waals surface area contributed by atoms with Gasteiger partial charge in [0.25, 0.3) is 0 Å². The lowest BCUT2D eigenvalue weighted by molar-refractivity contribution is -0.168. The molecule has 2 aliphatic carbocycles. The van der Waals surface area contributed by atoms with Gasteiger partial charge in [-0.25, -0.2) is 4.99 Å². The number of furan rings is 1. The van der Waals surface area contributed by atoms with Gasteiger partial charge in [0, 0.05) is 24.6 Å². The molecule has 1 spiro atoms. The first-order valence-electron chi connectivity index (χ1n) is 8.47. The standard InChI is InChI=1S/C17H27N3O2/c1-3-18-16(19-12-13-7-5-10-22-13)20-14-11-15(21-4-2)17(14)8-6-9-17/h5,7,10,14-15H,3-4,6,8-9,11-12H2,1-2H3,(H2,18,19,20). The first-order valence-corrected chi connectivity index (χ1v) is 8.47. The summed E-state index contributed by atoms with van der Waals surface area (Å²) in [5.41, 5.74) is 0.344. The molecule has 0 saturated heterocycles. The summed E-state index contributed by atoms with van der Waals surface area (Å²) in [5.74, 6) is 1.77. The molecule has 2 N–H and O–H groups in total. The molecule has 5 nitrogen and oxygen atoms in total. The minimum atomic E-state index is 0.344. The highest BCUT2D eigenvalue weighted by molar-refractivity contribution is 5.80. The van der Waals surface area contributed by atoms with E-state index in [9.17, 15) is 0 Å². The summed E-state index contributed by atoms with van der Waals surface area (Å²) in [6, 6.07) is 4.33. The molecule has 0 aromatic carbocycles. The van der Waals surface area contributed by atoms with Gasteiger partial charge in [-0.15, -0.1) is 0 Å². The topological polar surface area (TPSA) is 58.8 Å². The second kappa shape index (κ2) is 6.73. The van der Waals surface area contributed by atoms with Crippen molar-refractivity contribution in [2.24, 2.45) is 10.4 Å². The maximum Gasteiger partial charge on any atom is 0.191 e. The Hall–Kier alpha value is -1.49. The Morgan fingerprint density at radius 3 is 2.91 bits per heavy atom. The summed E-state index contributed by atoms with van der Waals surface area (Å²) in [6.45, 7) is 6.41. The molecule has 1 aromatic rings. The van der Waals surface area contributed by atoms with Crippen LogP contribution in [0.3, 0.4) is 0 Å². The van der Waals surface area contributed by atoms with Crippen LogP contribution in [-0.4, -0.2) is 31.3 Å². The minimum Gasteiger partial charge on any atom is -0.467 e. The van der Waals surface area contributed by atoms with Crippen LogP contribution in [0.1, 0.15) is 45.3 Å². The molecule has 3 rings (SSSR count). The van der Waals surface area contributed by atoms with Gasteiger partial charge >= 0.3 is 0 Å². The van der Waals surface area contributed by atoms with Gasteiger partial charge in [-0.3, -0.25) is 0 Å². The van der Waals surface area contributed by atoms with Crippen LogP contribution in [0, 0.1) is 5.41 Å². The molecule has 0 aliphatic heterocycles. The van der Waals surface area contributed by atoms with Gasteiger partial charge in [0.15, 0.2) is 5.96 Å². The van der Waals surface area contributed by atoms with E-state index in [1.807, 2.05) is 12.1 Å². The van der Waals surface area contributed by atoms with E-state index in [2.05, 4.69) is 29.5 Å². The minimum absolute atomic E-state index is 0.344. The van der Waals surface area contributed by atoms with Gasteiger partial charge in [-0.05, 0) is 45.2 Å². The number of hydrogen-bond donors (Lipinski definition) is 2. The summed E-state index contributed by atoms with van der Waals surface area (Å²) in [7, 11) is 0. The quantitative estimate of drug-likeness (QED) is 0.627. The van der Waals surface area contributed by atoms with Crippen molar-refractivity contribution in [3.05, 3.63) is 24.2 Å². The van der Waals surface area contributed by atoms with Gasteiger partial charge in [0.2, 0.25) is 0 Å². The largest absolute Gasteiger partial charge is 0.467 e. The summed E-state index contributed by atoms with van der Waals surface area (Å²) in [5, 5.41) is 6.95. The van der Waals surface area contributed by atoms with Crippen molar-refractivity contribution < 1.29 is 9.15 Å². The van der Waals surface area contributed by atoms with Crippen molar-refractivity contribution in [2.75, 3.05) is 13.2 Å². The lowest BCUT2D eigenvalue weighted by atomic mass is 9.51. The SMILES string of the molecule is CCNC(=NCc1ccco1)NC1CC(OCC)C12CCC2. The molecule has 2 unspecified atom stereocenters. The Morgan fingerprint density at radius 1 is 1.45 bits per heavy atom. The molecule has 0 bridgehead atoms. The number of hydrogen-bond acceptors (Lipinski definition) is 3. The number of nitrogens with zero attached hydrogens (tertiary/aromatic N) is 1. The van der Waals surface area contributed by atoms with Gasteiger partial charge in [0.05, 0.1) is 12.4 Å². The van der Waals surface area contributed by atoms with Crippen LogP contribution in [0.15, 0.2) is 27.8 Å². The average molecular weight is 305 g/mol. The molecular weight excluding hydrogens is 278 g/mol. The van der Waals surface area contributed by atoms with E-state index in [4.69, 9.17) is 9.15 Å². The maximum atomic E-state index is 5.91. The zero-order valence-corrected chi connectivity index (χ0v) is 13.6. The van der Waals surface area contributed by atoms with Crippen LogP contribution in [-0.2, 0) is 11.3 Å². The Balaban J connectivity index is 1.60. The average Bonchev–Trinajstić information content (AvgIpc) is 2.95. The number of aliphatic imine (C=N–C) groups is 1. The fraction of sp³-hybridized carbons (Fsp3) is 0.706. The molecule has 2 fully saturated rings. The second-order valence-corrected chi connectivity index (χ2v) is 6.24. The molecule has 2 aliphatic rings. The van der Waals surface area contributed by atoms with Crippen molar-refractivity contribution in [3.63, 3.8) is 0 Å². The molecule has 0 radical (unpaired) electrons. The Kier molecular flexibility index (Phi) is 4.71. The van der Waals surface area contributed by atoms with Crippen molar-refractivity contribution in [1.82, 2.24) is 10.6 Å². The van der Waals surface area contributed by atoms with E-state index in [-0.39, 0.29) is 0 Å². The molecule has 22 heavy (non-hydrogen) atoms. The molecule has 5 heteroatoms. The molecule has 0 amide bonds. The number of guanidine groups is 1. The fourth-order valence-corrected chi connectivity index (χ4v) is 3.69. The van der Waals surface area contributed by atoms with Crippen LogP contribution in [0.4, 0.5) is 0 Å². The normalized spacial score (nSPS) is 26.4. The van der Waals surface area contributed by atoms with Crippen molar-refractivity contribution in [3.8, 4) is 0 Å². The van der Waals surface area contributed by atoms with Gasteiger partial charge < -0.3 is 19.8 Å². The monoisotopic (exact) mass is 305 g/mol. The highest BCUT2D eigenvalue weighted by Gasteiger charge is 2.59. The first kappa shape index (κ1) is 15.4. The molecular formula is C17H27N3O2. The van der Waals surface area contributed by atoms with Crippen LogP contribution in [0.2, 0.25) is 0 Å². The summed E-state index contributed by atoms with van der Waals surface area (Å²) < 4.78 is 11.3. The van der Waals surface area contributed by atoms with Gasteiger partial charge in [0.1, 0.15) is 12.3 Å². The first-order chi connectivity index (χ1) is 10.8. The predicted octanol–water partition coefficient (Wildman–Crippen LogP) is 2.68. The third kappa shape index (κ3) is 2.86. The van der Waals surface area contributed by atoms with Crippen LogP contribution in [0.5, 0.6) is 0 Å². The van der Waals surface area contributed by atoms with E-state index in [1.54, 1.807) is 6.26 Å². The lowest BCUT2D eigenvalue weighted by Crippen LogP contribution is -2.68. The third-order valence-corrected chi connectivity index (χ3v) is 5.07. The van der Waals surface area contributed by atoms with Crippen LogP contribution in [0.25, 0.3) is 0 Å². The zero-order valence-electron chi connectivity index (χ0n) is 13.6.